The minimum absolute atomic E-state index is 0.130. The van der Waals surface area contributed by atoms with Gasteiger partial charge in [0, 0.05) is 12.7 Å². The molecule has 0 fully saturated rings. The first-order chi connectivity index (χ1) is 13.4. The van der Waals surface area contributed by atoms with Gasteiger partial charge in [-0.15, -0.1) is 0 Å². The van der Waals surface area contributed by atoms with Crippen LogP contribution in [0.1, 0.15) is 10.4 Å². The van der Waals surface area contributed by atoms with Gasteiger partial charge in [0.25, 0.3) is 5.91 Å². The third-order valence-electron chi connectivity index (χ3n) is 4.23. The Bertz CT molecular complexity index is 1050. The molecule has 144 valence electrons. The molecule has 5 nitrogen and oxygen atoms in total. The molecule has 3 rings (SSSR count). The van der Waals surface area contributed by atoms with E-state index in [9.17, 15) is 9.59 Å². The van der Waals surface area contributed by atoms with Gasteiger partial charge in [0.15, 0.2) is 0 Å². The summed E-state index contributed by atoms with van der Waals surface area (Å²) in [5, 5.41) is 5.32. The van der Waals surface area contributed by atoms with Gasteiger partial charge >= 0.3 is 0 Å². The Kier molecular flexibility index (Phi) is 6.07. The fourth-order valence-electron chi connectivity index (χ4n) is 2.82. The predicted octanol–water partition coefficient (Wildman–Crippen LogP) is 4.87. The van der Waals surface area contributed by atoms with Gasteiger partial charge in [0.05, 0.1) is 29.3 Å². The highest BCUT2D eigenvalue weighted by atomic mass is 35.5. The molecule has 0 radical (unpaired) electrons. The quantitative estimate of drug-likeness (QED) is 0.645. The Morgan fingerprint density at radius 1 is 1.00 bits per heavy atom. The van der Waals surface area contributed by atoms with Crippen LogP contribution in [0, 0.1) is 0 Å². The lowest BCUT2D eigenvalue weighted by Gasteiger charge is -2.19. The highest BCUT2D eigenvalue weighted by molar-refractivity contribution is 6.42. The number of benzene rings is 3. The van der Waals surface area contributed by atoms with Crippen LogP contribution in [0.15, 0.2) is 54.6 Å². The minimum atomic E-state index is -0.353. The topological polar surface area (TPSA) is 58.6 Å². The SMILES string of the molecule is COc1cc2ccccc2cc1C(=O)N(C)CC(=O)Nc1ccc(Cl)c(Cl)c1. The number of anilines is 1. The van der Waals surface area contributed by atoms with Crippen molar-refractivity contribution in [3.63, 3.8) is 0 Å². The van der Waals surface area contributed by atoms with Crippen LogP contribution in [-0.4, -0.2) is 37.4 Å². The number of methoxy groups -OCH3 is 1. The Labute approximate surface area is 172 Å². The van der Waals surface area contributed by atoms with Gasteiger partial charge in [0.2, 0.25) is 5.91 Å². The van der Waals surface area contributed by atoms with Crippen LogP contribution in [-0.2, 0) is 4.79 Å². The van der Waals surface area contributed by atoms with Gasteiger partial charge in [-0.2, -0.15) is 0 Å². The van der Waals surface area contributed by atoms with E-state index in [1.54, 1.807) is 31.3 Å². The van der Waals surface area contributed by atoms with Crippen LogP contribution in [0.3, 0.4) is 0 Å². The third-order valence-corrected chi connectivity index (χ3v) is 4.97. The number of fused-ring (bicyclic) bond motifs is 1. The van der Waals surface area contributed by atoms with Crippen LogP contribution in [0.25, 0.3) is 10.8 Å². The van der Waals surface area contributed by atoms with Crippen LogP contribution in [0.5, 0.6) is 5.75 Å². The Hall–Kier alpha value is -2.76. The van der Waals surface area contributed by atoms with Crippen LogP contribution in [0.2, 0.25) is 10.0 Å². The molecule has 3 aromatic rings. The van der Waals surface area contributed by atoms with Crippen LogP contribution in [0.4, 0.5) is 5.69 Å². The molecule has 0 atom stereocenters. The van der Waals surface area contributed by atoms with Crippen molar-refractivity contribution in [2.45, 2.75) is 0 Å². The van der Waals surface area contributed by atoms with Gasteiger partial charge in [-0.1, -0.05) is 47.5 Å². The second-order valence-corrected chi connectivity index (χ2v) is 7.05. The Morgan fingerprint density at radius 3 is 2.32 bits per heavy atom. The molecule has 0 bridgehead atoms. The Balaban J connectivity index is 1.75. The van der Waals surface area contributed by atoms with Crippen molar-refractivity contribution in [2.24, 2.45) is 0 Å². The molecular formula is C21H18Cl2N2O3. The maximum absolute atomic E-state index is 12.9. The normalized spacial score (nSPS) is 10.6. The molecule has 0 aliphatic heterocycles. The number of carbonyl (C=O) groups excluding carboxylic acids is 2. The summed E-state index contributed by atoms with van der Waals surface area (Å²) in [6.07, 6.45) is 0. The number of rotatable bonds is 5. The zero-order valence-corrected chi connectivity index (χ0v) is 16.8. The summed E-state index contributed by atoms with van der Waals surface area (Å²) in [7, 11) is 3.07. The first-order valence-electron chi connectivity index (χ1n) is 8.46. The molecule has 3 aromatic carbocycles. The number of hydrogen-bond acceptors (Lipinski definition) is 3. The molecule has 7 heteroatoms. The lowest BCUT2D eigenvalue weighted by atomic mass is 10.0. The predicted molar refractivity (Wildman–Crippen MR) is 113 cm³/mol. The maximum Gasteiger partial charge on any atom is 0.257 e. The van der Waals surface area contributed by atoms with E-state index in [-0.39, 0.29) is 18.4 Å². The summed E-state index contributed by atoms with van der Waals surface area (Å²) < 4.78 is 5.37. The number of likely N-dealkylation sites (N-methyl/N-ethyl adjacent to an activating group) is 1. The van der Waals surface area contributed by atoms with Gasteiger partial charge in [-0.05, 0) is 41.1 Å². The van der Waals surface area contributed by atoms with E-state index >= 15 is 0 Å². The standard InChI is InChI=1S/C21H18Cl2N2O3/c1-25(12-20(26)24-15-7-8-17(22)18(23)11-15)21(27)16-9-13-5-3-4-6-14(13)10-19(16)28-2/h3-11H,12H2,1-2H3,(H,24,26). The molecule has 0 unspecified atom stereocenters. The van der Waals surface area contributed by atoms with E-state index in [0.29, 0.717) is 27.0 Å². The summed E-state index contributed by atoms with van der Waals surface area (Å²) in [5.74, 6) is -0.207. The summed E-state index contributed by atoms with van der Waals surface area (Å²) in [6.45, 7) is -0.130. The molecule has 1 N–H and O–H groups in total. The second kappa shape index (κ2) is 8.50. The number of nitrogens with zero attached hydrogens (tertiary/aromatic N) is 1. The van der Waals surface area contributed by atoms with E-state index in [4.69, 9.17) is 27.9 Å². The van der Waals surface area contributed by atoms with Crippen molar-refractivity contribution in [3.8, 4) is 5.75 Å². The van der Waals surface area contributed by atoms with Crippen molar-refractivity contribution in [2.75, 3.05) is 26.0 Å². The molecule has 0 aromatic heterocycles. The van der Waals surface area contributed by atoms with E-state index in [1.807, 2.05) is 30.3 Å². The molecule has 0 aliphatic carbocycles. The highest BCUT2D eigenvalue weighted by Gasteiger charge is 2.20. The summed E-state index contributed by atoms with van der Waals surface area (Å²) in [6, 6.07) is 16.0. The summed E-state index contributed by atoms with van der Waals surface area (Å²) >= 11 is 11.8. The number of halogens is 2. The zero-order chi connectivity index (χ0) is 20.3. The van der Waals surface area contributed by atoms with Crippen molar-refractivity contribution in [3.05, 3.63) is 70.2 Å². The number of ether oxygens (including phenoxy) is 1. The minimum Gasteiger partial charge on any atom is -0.496 e. The average Bonchev–Trinajstić information content (AvgIpc) is 2.69. The fourth-order valence-corrected chi connectivity index (χ4v) is 3.12. The molecule has 0 saturated heterocycles. The molecule has 0 heterocycles. The van der Waals surface area contributed by atoms with Crippen molar-refractivity contribution >= 4 is 51.5 Å². The molecule has 28 heavy (non-hydrogen) atoms. The van der Waals surface area contributed by atoms with Gasteiger partial charge in [0.1, 0.15) is 5.75 Å². The second-order valence-electron chi connectivity index (χ2n) is 6.24. The molecule has 0 aliphatic rings. The molecular weight excluding hydrogens is 399 g/mol. The highest BCUT2D eigenvalue weighted by Crippen LogP contribution is 2.27. The third kappa shape index (κ3) is 4.38. The van der Waals surface area contributed by atoms with Crippen molar-refractivity contribution < 1.29 is 14.3 Å². The molecule has 0 saturated carbocycles. The average molecular weight is 417 g/mol. The monoisotopic (exact) mass is 416 g/mol. The van der Waals surface area contributed by atoms with Gasteiger partial charge in [-0.3, -0.25) is 9.59 Å². The number of amides is 2. The lowest BCUT2D eigenvalue weighted by molar-refractivity contribution is -0.116. The van der Waals surface area contributed by atoms with Gasteiger partial charge in [-0.25, -0.2) is 0 Å². The molecule has 0 spiro atoms. The number of hydrogen-bond donors (Lipinski definition) is 1. The van der Waals surface area contributed by atoms with Crippen LogP contribution < -0.4 is 10.1 Å². The zero-order valence-electron chi connectivity index (χ0n) is 15.3. The van der Waals surface area contributed by atoms with Crippen LogP contribution >= 0.6 is 23.2 Å². The van der Waals surface area contributed by atoms with Crippen molar-refractivity contribution in [1.82, 2.24) is 4.90 Å². The number of carbonyl (C=O) groups is 2. The fraction of sp³-hybridized carbons (Fsp3) is 0.143. The smallest absolute Gasteiger partial charge is 0.257 e. The number of nitrogens with one attached hydrogen (secondary N) is 1. The van der Waals surface area contributed by atoms with Gasteiger partial charge < -0.3 is 15.0 Å². The summed E-state index contributed by atoms with van der Waals surface area (Å²) in [4.78, 5) is 26.5. The summed E-state index contributed by atoms with van der Waals surface area (Å²) in [5.41, 5.74) is 0.898. The molecule has 2 amide bonds. The first-order valence-corrected chi connectivity index (χ1v) is 9.22. The van der Waals surface area contributed by atoms with E-state index < -0.39 is 0 Å². The lowest BCUT2D eigenvalue weighted by Crippen LogP contribution is -2.35. The maximum atomic E-state index is 12.9. The largest absolute Gasteiger partial charge is 0.496 e. The van der Waals surface area contributed by atoms with E-state index in [2.05, 4.69) is 5.32 Å². The van der Waals surface area contributed by atoms with Crippen molar-refractivity contribution in [1.29, 1.82) is 0 Å². The van der Waals surface area contributed by atoms with E-state index in [0.717, 1.165) is 10.8 Å². The first kappa shape index (κ1) is 20.0. The van der Waals surface area contributed by atoms with E-state index in [1.165, 1.54) is 12.0 Å². The Morgan fingerprint density at radius 2 is 1.68 bits per heavy atom.